The van der Waals surface area contributed by atoms with Crippen LogP contribution in [0.1, 0.15) is 42.7 Å². The fraction of sp³-hybridized carbons (Fsp3) is 0.375. The summed E-state index contributed by atoms with van der Waals surface area (Å²) < 4.78 is 15.8. The Bertz CT molecular complexity index is 1150. The minimum absolute atomic E-state index is 0.143. The molecule has 0 atom stereocenters. The Morgan fingerprint density at radius 2 is 1.67 bits per heavy atom. The van der Waals surface area contributed by atoms with Gasteiger partial charge in [0.25, 0.3) is 11.8 Å². The number of amides is 2. The van der Waals surface area contributed by atoms with Crippen LogP contribution in [0.5, 0.6) is 0 Å². The van der Waals surface area contributed by atoms with Crippen molar-refractivity contribution in [2.75, 3.05) is 46.5 Å². The number of hydrogen-bond donors (Lipinski definition) is 1. The van der Waals surface area contributed by atoms with Gasteiger partial charge in [0.2, 0.25) is 0 Å². The van der Waals surface area contributed by atoms with E-state index in [1.807, 2.05) is 24.3 Å². The molecule has 1 fully saturated rings. The summed E-state index contributed by atoms with van der Waals surface area (Å²) in [6.45, 7) is 5.47. The molecule has 3 aromatic rings. The number of carbonyl (C=O) groups is 3. The predicted octanol–water partition coefficient (Wildman–Crippen LogP) is 2.78. The average Bonchev–Trinajstić information content (AvgIpc) is 3.38. The van der Waals surface area contributed by atoms with Crippen LogP contribution in [-0.2, 0) is 9.47 Å². The highest BCUT2D eigenvalue weighted by molar-refractivity contribution is 6.01. The van der Waals surface area contributed by atoms with E-state index in [-0.39, 0.29) is 18.4 Å². The van der Waals surface area contributed by atoms with Crippen molar-refractivity contribution in [1.29, 1.82) is 0 Å². The van der Waals surface area contributed by atoms with Gasteiger partial charge >= 0.3 is 5.97 Å². The van der Waals surface area contributed by atoms with Crippen LogP contribution in [0.25, 0.3) is 11.0 Å². The van der Waals surface area contributed by atoms with Crippen molar-refractivity contribution in [1.82, 2.24) is 14.8 Å². The molecule has 33 heavy (non-hydrogen) atoms. The number of carbonyl (C=O) groups excluding carboxylic acids is 3. The summed E-state index contributed by atoms with van der Waals surface area (Å²) >= 11 is 0. The van der Waals surface area contributed by atoms with Crippen molar-refractivity contribution >= 4 is 28.8 Å². The lowest BCUT2D eigenvalue weighted by Crippen LogP contribution is -2.50. The highest BCUT2D eigenvalue weighted by Crippen LogP contribution is 2.23. The number of benzene rings is 1. The first-order valence-corrected chi connectivity index (χ1v) is 10.8. The van der Waals surface area contributed by atoms with Gasteiger partial charge in [-0.15, -0.1) is 0 Å². The fourth-order valence-corrected chi connectivity index (χ4v) is 4.07. The number of esters is 1. The van der Waals surface area contributed by atoms with Gasteiger partial charge in [-0.1, -0.05) is 18.2 Å². The third-order valence-corrected chi connectivity index (χ3v) is 5.87. The number of methoxy groups -OCH3 is 1. The van der Waals surface area contributed by atoms with Crippen LogP contribution in [-0.4, -0.2) is 79.1 Å². The Hall–Kier alpha value is -3.59. The van der Waals surface area contributed by atoms with Gasteiger partial charge in [0.15, 0.2) is 5.76 Å². The van der Waals surface area contributed by atoms with Crippen molar-refractivity contribution in [2.24, 2.45) is 0 Å². The SMILES string of the molecule is COCCOC(=O)c1c(C)[nH]c(C(=O)N2CCN(C(=O)c3cc4ccccc4o3)CC2)c1C. The molecule has 3 heterocycles. The number of rotatable bonds is 6. The lowest BCUT2D eigenvalue weighted by atomic mass is 10.1. The molecule has 0 bridgehead atoms. The number of furan rings is 1. The zero-order valence-corrected chi connectivity index (χ0v) is 19.0. The molecule has 0 aliphatic carbocycles. The maximum Gasteiger partial charge on any atom is 0.340 e. The van der Waals surface area contributed by atoms with E-state index in [9.17, 15) is 14.4 Å². The summed E-state index contributed by atoms with van der Waals surface area (Å²) in [4.78, 5) is 44.8. The maximum atomic E-state index is 13.1. The smallest absolute Gasteiger partial charge is 0.340 e. The standard InChI is InChI=1S/C24H27N3O6/c1-15-20(24(30)32-13-12-31-3)16(2)25-21(15)23(29)27-10-8-26(9-11-27)22(28)19-14-17-6-4-5-7-18(17)33-19/h4-7,14,25H,8-13H2,1-3H3. The number of fused-ring (bicyclic) bond motifs is 1. The molecule has 1 aliphatic heterocycles. The van der Waals surface area contributed by atoms with E-state index >= 15 is 0 Å². The van der Waals surface area contributed by atoms with Gasteiger partial charge in [0.1, 0.15) is 17.9 Å². The summed E-state index contributed by atoms with van der Waals surface area (Å²) in [5.74, 6) is -0.587. The molecule has 1 aromatic carbocycles. The Balaban J connectivity index is 1.40. The van der Waals surface area contributed by atoms with E-state index in [1.165, 1.54) is 7.11 Å². The Morgan fingerprint density at radius 3 is 2.33 bits per heavy atom. The van der Waals surface area contributed by atoms with Crippen LogP contribution in [0.4, 0.5) is 0 Å². The van der Waals surface area contributed by atoms with Crippen LogP contribution >= 0.6 is 0 Å². The third kappa shape index (κ3) is 4.49. The number of para-hydroxylation sites is 1. The average molecular weight is 453 g/mol. The normalized spacial score (nSPS) is 14.0. The minimum atomic E-state index is -0.487. The number of aryl methyl sites for hydroxylation is 1. The molecule has 4 rings (SSSR count). The molecule has 1 saturated heterocycles. The summed E-state index contributed by atoms with van der Waals surface area (Å²) in [5, 5.41) is 0.879. The molecule has 1 N–H and O–H groups in total. The largest absolute Gasteiger partial charge is 0.460 e. The monoisotopic (exact) mass is 453 g/mol. The van der Waals surface area contributed by atoms with Gasteiger partial charge in [0.05, 0.1) is 12.2 Å². The van der Waals surface area contributed by atoms with Crippen molar-refractivity contribution < 1.29 is 28.3 Å². The van der Waals surface area contributed by atoms with Crippen LogP contribution < -0.4 is 0 Å². The highest BCUT2D eigenvalue weighted by Gasteiger charge is 2.30. The fourth-order valence-electron chi connectivity index (χ4n) is 4.07. The zero-order chi connectivity index (χ0) is 23.5. The number of aromatic amines is 1. The predicted molar refractivity (Wildman–Crippen MR) is 120 cm³/mol. The minimum Gasteiger partial charge on any atom is -0.460 e. The highest BCUT2D eigenvalue weighted by atomic mass is 16.6. The van der Waals surface area contributed by atoms with Crippen LogP contribution in [0.2, 0.25) is 0 Å². The van der Waals surface area contributed by atoms with E-state index in [0.29, 0.717) is 66.6 Å². The first-order chi connectivity index (χ1) is 15.9. The zero-order valence-electron chi connectivity index (χ0n) is 19.0. The molecule has 0 unspecified atom stereocenters. The van der Waals surface area contributed by atoms with Crippen LogP contribution in [0.15, 0.2) is 34.7 Å². The molecule has 0 radical (unpaired) electrons. The van der Waals surface area contributed by atoms with Crippen LogP contribution in [0.3, 0.4) is 0 Å². The third-order valence-electron chi connectivity index (χ3n) is 5.87. The Kier molecular flexibility index (Phi) is 6.50. The van der Waals surface area contributed by atoms with E-state index < -0.39 is 5.97 Å². The second-order valence-corrected chi connectivity index (χ2v) is 7.99. The molecular formula is C24H27N3O6. The maximum absolute atomic E-state index is 13.1. The van der Waals surface area contributed by atoms with Crippen molar-refractivity contribution in [3.05, 3.63) is 58.6 Å². The number of H-pyrrole nitrogens is 1. The number of ether oxygens (including phenoxy) is 2. The number of nitrogens with one attached hydrogen (secondary N) is 1. The van der Waals surface area contributed by atoms with E-state index in [2.05, 4.69) is 4.98 Å². The summed E-state index contributed by atoms with van der Waals surface area (Å²) in [6, 6.07) is 9.22. The number of aromatic nitrogens is 1. The molecule has 9 nitrogen and oxygen atoms in total. The van der Waals surface area contributed by atoms with E-state index in [4.69, 9.17) is 13.9 Å². The molecule has 1 aliphatic rings. The molecule has 0 saturated carbocycles. The topological polar surface area (TPSA) is 105 Å². The van der Waals surface area contributed by atoms with Gasteiger partial charge < -0.3 is 28.7 Å². The molecule has 2 aromatic heterocycles. The first-order valence-electron chi connectivity index (χ1n) is 10.8. The summed E-state index contributed by atoms with van der Waals surface area (Å²) in [5.41, 5.74) is 2.54. The quantitative estimate of drug-likeness (QED) is 0.455. The van der Waals surface area contributed by atoms with Gasteiger partial charge in [-0.05, 0) is 31.5 Å². The Labute approximate surface area is 191 Å². The number of hydrogen-bond acceptors (Lipinski definition) is 6. The number of nitrogens with zero attached hydrogens (tertiary/aromatic N) is 2. The van der Waals surface area contributed by atoms with Gasteiger partial charge in [-0.2, -0.15) is 0 Å². The lowest BCUT2D eigenvalue weighted by Gasteiger charge is -2.34. The molecule has 2 amide bonds. The number of piperazine rings is 1. The second-order valence-electron chi connectivity index (χ2n) is 7.99. The van der Waals surface area contributed by atoms with Gasteiger partial charge in [-0.25, -0.2) is 4.79 Å². The van der Waals surface area contributed by atoms with Gasteiger partial charge in [-0.3, -0.25) is 9.59 Å². The van der Waals surface area contributed by atoms with E-state index in [1.54, 1.807) is 29.7 Å². The van der Waals surface area contributed by atoms with Crippen molar-refractivity contribution in [3.8, 4) is 0 Å². The molecule has 9 heteroatoms. The summed E-state index contributed by atoms with van der Waals surface area (Å²) in [7, 11) is 1.53. The van der Waals surface area contributed by atoms with Crippen molar-refractivity contribution in [2.45, 2.75) is 13.8 Å². The first kappa shape index (κ1) is 22.6. The summed E-state index contributed by atoms with van der Waals surface area (Å²) in [6.07, 6.45) is 0. The molecule has 174 valence electrons. The lowest BCUT2D eigenvalue weighted by molar-refractivity contribution is 0.0386. The van der Waals surface area contributed by atoms with Gasteiger partial charge in [0, 0.05) is 44.4 Å². The second kappa shape index (κ2) is 9.50. The molecular weight excluding hydrogens is 426 g/mol. The molecule has 0 spiro atoms. The van der Waals surface area contributed by atoms with Crippen molar-refractivity contribution in [3.63, 3.8) is 0 Å². The Morgan fingerprint density at radius 1 is 1.00 bits per heavy atom. The van der Waals surface area contributed by atoms with Crippen LogP contribution in [0, 0.1) is 13.8 Å². The van der Waals surface area contributed by atoms with E-state index in [0.717, 1.165) is 5.39 Å².